The number of carbonyl (C=O) groups is 2. The molecule has 0 saturated carbocycles. The van der Waals surface area contributed by atoms with Crippen molar-refractivity contribution in [2.45, 2.75) is 187 Å². The van der Waals surface area contributed by atoms with Gasteiger partial charge in [-0.15, -0.1) is 0 Å². The highest BCUT2D eigenvalue weighted by atomic mass is 31.2. The molecule has 0 heterocycles. The van der Waals surface area contributed by atoms with Crippen LogP contribution in [0.4, 0.5) is 0 Å². The Morgan fingerprint density at radius 3 is 1.61 bits per heavy atom. The van der Waals surface area contributed by atoms with Gasteiger partial charge in [0.05, 0.1) is 13.2 Å². The summed E-state index contributed by atoms with van der Waals surface area (Å²) in [5.41, 5.74) is 5.34. The SMILES string of the molecule is CC/C=C/C/C=C/C/C=C/CCCCCCCC(=O)OC[C@H](COP(=O)(O)OCCN)OC(=O)CCCCCCCCCCCCCCCCC. The standard InChI is InChI=1S/C41H76NO8P/c1-3-5-7-9-11-13-15-17-19-21-23-25-27-29-31-33-40(43)47-37-39(38-49-51(45,46)48-36-35-42)50-41(44)34-32-30-28-26-24-22-20-18-16-14-12-10-8-6-4-2/h5,7,11,13,17,19,39H,3-4,6,8-10,12,14-16,18,20-38,42H2,1-2H3,(H,45,46)/b7-5+,13-11+,19-17+/t39-/m1/s1. The second kappa shape index (κ2) is 38.0. The van der Waals surface area contributed by atoms with Crippen molar-refractivity contribution in [1.82, 2.24) is 0 Å². The monoisotopic (exact) mass is 742 g/mol. The van der Waals surface area contributed by atoms with Gasteiger partial charge in [0.2, 0.25) is 0 Å². The van der Waals surface area contributed by atoms with E-state index in [9.17, 15) is 19.0 Å². The van der Waals surface area contributed by atoms with Gasteiger partial charge in [-0.3, -0.25) is 18.6 Å². The van der Waals surface area contributed by atoms with Crippen molar-refractivity contribution in [2.75, 3.05) is 26.4 Å². The normalized spacial score (nSPS) is 13.7. The number of nitrogens with two attached hydrogens (primary N) is 1. The number of esters is 2. The van der Waals surface area contributed by atoms with E-state index in [4.69, 9.17) is 24.3 Å². The maximum absolute atomic E-state index is 12.6. The van der Waals surface area contributed by atoms with Crippen molar-refractivity contribution in [3.05, 3.63) is 36.5 Å². The maximum Gasteiger partial charge on any atom is 0.472 e. The van der Waals surface area contributed by atoms with Gasteiger partial charge in [-0.1, -0.05) is 159 Å². The molecule has 0 amide bonds. The van der Waals surface area contributed by atoms with Crippen molar-refractivity contribution < 1.29 is 37.6 Å². The number of phosphoric ester groups is 1. The number of hydrogen-bond acceptors (Lipinski definition) is 8. The Labute approximate surface area is 312 Å². The summed E-state index contributed by atoms with van der Waals surface area (Å²) in [6.07, 6.45) is 40.3. The molecular weight excluding hydrogens is 665 g/mol. The van der Waals surface area contributed by atoms with Crippen molar-refractivity contribution >= 4 is 19.8 Å². The number of phosphoric acid groups is 1. The zero-order chi connectivity index (χ0) is 37.5. The highest BCUT2D eigenvalue weighted by molar-refractivity contribution is 7.47. The molecule has 0 aromatic heterocycles. The lowest BCUT2D eigenvalue weighted by atomic mass is 10.0. The van der Waals surface area contributed by atoms with Gasteiger partial charge in [-0.25, -0.2) is 4.57 Å². The predicted molar refractivity (Wildman–Crippen MR) is 210 cm³/mol. The first-order chi connectivity index (χ1) is 24.8. The van der Waals surface area contributed by atoms with E-state index in [0.29, 0.717) is 12.8 Å². The molecular formula is C41H76NO8P. The second-order valence-electron chi connectivity index (χ2n) is 13.5. The maximum atomic E-state index is 12.6. The lowest BCUT2D eigenvalue weighted by Crippen LogP contribution is -2.29. The zero-order valence-electron chi connectivity index (χ0n) is 32.6. The molecule has 0 aliphatic rings. The second-order valence-corrected chi connectivity index (χ2v) is 14.9. The van der Waals surface area contributed by atoms with Gasteiger partial charge >= 0.3 is 19.8 Å². The first-order valence-electron chi connectivity index (χ1n) is 20.5. The summed E-state index contributed by atoms with van der Waals surface area (Å²) in [5.74, 6) is -0.845. The molecule has 10 heteroatoms. The quantitative estimate of drug-likeness (QED) is 0.0274. The number of unbranched alkanes of at least 4 members (excludes halogenated alkanes) is 19. The van der Waals surface area contributed by atoms with Crippen molar-refractivity contribution in [3.8, 4) is 0 Å². The summed E-state index contributed by atoms with van der Waals surface area (Å²) >= 11 is 0. The molecule has 0 rings (SSSR count). The molecule has 9 nitrogen and oxygen atoms in total. The van der Waals surface area contributed by atoms with Crippen LogP contribution < -0.4 is 5.73 Å². The van der Waals surface area contributed by atoms with E-state index in [2.05, 4.69) is 50.3 Å². The van der Waals surface area contributed by atoms with Crippen molar-refractivity contribution in [1.29, 1.82) is 0 Å². The van der Waals surface area contributed by atoms with Crippen LogP contribution in [0.3, 0.4) is 0 Å². The minimum atomic E-state index is -4.37. The number of hydrogen-bond donors (Lipinski definition) is 2. The average Bonchev–Trinajstić information content (AvgIpc) is 3.11. The Morgan fingerprint density at radius 1 is 0.608 bits per heavy atom. The lowest BCUT2D eigenvalue weighted by molar-refractivity contribution is -0.161. The fourth-order valence-corrected chi connectivity index (χ4v) is 6.30. The summed E-state index contributed by atoms with van der Waals surface area (Å²) in [6, 6.07) is 0. The van der Waals surface area contributed by atoms with Crippen LogP contribution in [-0.4, -0.2) is 49.3 Å². The molecule has 0 radical (unpaired) electrons. The molecule has 0 aromatic carbocycles. The summed E-state index contributed by atoms with van der Waals surface area (Å²) in [5, 5.41) is 0. The first-order valence-corrected chi connectivity index (χ1v) is 22.0. The fraction of sp³-hybridized carbons (Fsp3) is 0.805. The van der Waals surface area contributed by atoms with E-state index in [0.717, 1.165) is 64.2 Å². The van der Waals surface area contributed by atoms with E-state index < -0.39 is 32.5 Å². The van der Waals surface area contributed by atoms with Crippen LogP contribution in [0, 0.1) is 0 Å². The number of ether oxygens (including phenoxy) is 2. The van der Waals surface area contributed by atoms with Crippen LogP contribution in [0.25, 0.3) is 0 Å². The smallest absolute Gasteiger partial charge is 0.462 e. The van der Waals surface area contributed by atoms with Gasteiger partial charge in [0.15, 0.2) is 6.10 Å². The highest BCUT2D eigenvalue weighted by Crippen LogP contribution is 2.43. The van der Waals surface area contributed by atoms with Crippen LogP contribution in [0.5, 0.6) is 0 Å². The minimum absolute atomic E-state index is 0.0513. The molecule has 298 valence electrons. The van der Waals surface area contributed by atoms with Crippen molar-refractivity contribution in [3.63, 3.8) is 0 Å². The predicted octanol–water partition coefficient (Wildman–Crippen LogP) is 11.4. The van der Waals surface area contributed by atoms with Crippen LogP contribution >= 0.6 is 7.82 Å². The topological polar surface area (TPSA) is 134 Å². The Kier molecular flexibility index (Phi) is 36.7. The van der Waals surface area contributed by atoms with E-state index >= 15 is 0 Å². The molecule has 51 heavy (non-hydrogen) atoms. The van der Waals surface area contributed by atoms with Gasteiger partial charge in [-0.05, 0) is 44.9 Å². The van der Waals surface area contributed by atoms with Crippen LogP contribution in [0.2, 0.25) is 0 Å². The summed E-state index contributed by atoms with van der Waals surface area (Å²) in [4.78, 5) is 34.8. The van der Waals surface area contributed by atoms with Crippen LogP contribution in [-0.2, 0) is 32.7 Å². The Hall–Kier alpha value is -1.77. The highest BCUT2D eigenvalue weighted by Gasteiger charge is 2.26. The molecule has 1 unspecified atom stereocenters. The Balaban J connectivity index is 4.20. The first kappa shape index (κ1) is 49.2. The lowest BCUT2D eigenvalue weighted by Gasteiger charge is -2.19. The zero-order valence-corrected chi connectivity index (χ0v) is 33.5. The third-order valence-corrected chi connectivity index (χ3v) is 9.52. The number of allylic oxidation sites excluding steroid dienone is 6. The molecule has 0 aliphatic heterocycles. The Morgan fingerprint density at radius 2 is 1.08 bits per heavy atom. The third kappa shape index (κ3) is 37.8. The molecule has 0 aliphatic carbocycles. The van der Waals surface area contributed by atoms with Gasteiger partial charge in [0, 0.05) is 19.4 Å². The average molecular weight is 742 g/mol. The summed E-state index contributed by atoms with van der Waals surface area (Å²) in [7, 11) is -4.37. The molecule has 2 atom stereocenters. The fourth-order valence-electron chi connectivity index (χ4n) is 5.53. The number of rotatable bonds is 38. The minimum Gasteiger partial charge on any atom is -0.462 e. The van der Waals surface area contributed by atoms with E-state index in [1.54, 1.807) is 0 Å². The molecule has 0 fully saturated rings. The Bertz CT molecular complexity index is 939. The van der Waals surface area contributed by atoms with Gasteiger partial charge in [0.1, 0.15) is 6.61 Å². The van der Waals surface area contributed by atoms with Crippen molar-refractivity contribution in [2.24, 2.45) is 5.73 Å². The van der Waals surface area contributed by atoms with Gasteiger partial charge < -0.3 is 20.1 Å². The van der Waals surface area contributed by atoms with E-state index in [-0.39, 0.29) is 32.6 Å². The summed E-state index contributed by atoms with van der Waals surface area (Å²) < 4.78 is 32.7. The third-order valence-electron chi connectivity index (χ3n) is 8.54. The van der Waals surface area contributed by atoms with E-state index in [1.807, 2.05) is 0 Å². The van der Waals surface area contributed by atoms with Gasteiger partial charge in [-0.2, -0.15) is 0 Å². The number of carbonyl (C=O) groups excluding carboxylic acids is 2. The molecule has 0 saturated heterocycles. The summed E-state index contributed by atoms with van der Waals surface area (Å²) in [6.45, 7) is 3.60. The molecule has 0 spiro atoms. The van der Waals surface area contributed by atoms with Crippen LogP contribution in [0.1, 0.15) is 181 Å². The largest absolute Gasteiger partial charge is 0.472 e. The van der Waals surface area contributed by atoms with E-state index in [1.165, 1.54) is 77.0 Å². The molecule has 0 aromatic rings. The van der Waals surface area contributed by atoms with Gasteiger partial charge in [0.25, 0.3) is 0 Å². The molecule has 0 bridgehead atoms. The van der Waals surface area contributed by atoms with Crippen LogP contribution in [0.15, 0.2) is 36.5 Å². The molecule has 3 N–H and O–H groups in total.